The molecule has 0 spiro atoms. The predicted octanol–water partition coefficient (Wildman–Crippen LogP) is -0.131. The number of alkyl halides is 1. The lowest BCUT2D eigenvalue weighted by Crippen LogP contribution is -2.31. The first kappa shape index (κ1) is 10.5. The van der Waals surface area contributed by atoms with Crippen LogP contribution in [0.25, 0.3) is 0 Å². The second-order valence-electron chi connectivity index (χ2n) is 2.93. The van der Waals surface area contributed by atoms with Crippen LogP contribution in [0, 0.1) is 0 Å². The van der Waals surface area contributed by atoms with E-state index in [0.717, 1.165) is 0 Å². The summed E-state index contributed by atoms with van der Waals surface area (Å²) < 4.78 is 13.0. The molecule has 3 N–H and O–H groups in total. The number of nitrogens with zero attached hydrogens (tertiary/aromatic N) is 1. The van der Waals surface area contributed by atoms with Gasteiger partial charge in [-0.2, -0.15) is 0 Å². The van der Waals surface area contributed by atoms with E-state index in [4.69, 9.17) is 5.73 Å². The SMILES string of the molecule is Nc1cn(CCCCF)c(=O)[nH]c1=O. The third kappa shape index (κ3) is 2.45. The summed E-state index contributed by atoms with van der Waals surface area (Å²) >= 11 is 0. The minimum atomic E-state index is -0.586. The number of halogens is 1. The van der Waals surface area contributed by atoms with Crippen molar-refractivity contribution in [1.29, 1.82) is 0 Å². The maximum absolute atomic E-state index is 11.8. The average Bonchev–Trinajstić information content (AvgIpc) is 2.14. The second kappa shape index (κ2) is 4.59. The van der Waals surface area contributed by atoms with Crippen molar-refractivity contribution in [2.75, 3.05) is 12.4 Å². The van der Waals surface area contributed by atoms with Gasteiger partial charge in [-0.1, -0.05) is 0 Å². The number of aromatic amines is 1. The van der Waals surface area contributed by atoms with E-state index >= 15 is 0 Å². The molecule has 0 fully saturated rings. The molecule has 0 unspecified atom stereocenters. The van der Waals surface area contributed by atoms with Crippen LogP contribution in [0.5, 0.6) is 0 Å². The number of nitrogens with one attached hydrogen (secondary N) is 1. The molecule has 0 amide bonds. The number of hydrogen-bond donors (Lipinski definition) is 2. The van der Waals surface area contributed by atoms with E-state index < -0.39 is 17.9 Å². The van der Waals surface area contributed by atoms with Crippen molar-refractivity contribution in [3.63, 3.8) is 0 Å². The summed E-state index contributed by atoms with van der Waals surface area (Å²) in [5, 5.41) is 0. The van der Waals surface area contributed by atoms with Crippen LogP contribution in [0.3, 0.4) is 0 Å². The molecule has 0 radical (unpaired) electrons. The first-order valence-electron chi connectivity index (χ1n) is 4.30. The highest BCUT2D eigenvalue weighted by Crippen LogP contribution is 1.94. The van der Waals surface area contributed by atoms with Gasteiger partial charge in [-0.3, -0.25) is 18.7 Å². The monoisotopic (exact) mass is 201 g/mol. The minimum Gasteiger partial charge on any atom is -0.393 e. The van der Waals surface area contributed by atoms with Gasteiger partial charge >= 0.3 is 5.69 Å². The van der Waals surface area contributed by atoms with Crippen LogP contribution in [-0.2, 0) is 6.54 Å². The quantitative estimate of drug-likeness (QED) is 0.666. The van der Waals surface area contributed by atoms with Crippen molar-refractivity contribution in [1.82, 2.24) is 9.55 Å². The zero-order valence-electron chi connectivity index (χ0n) is 7.62. The molecule has 1 heterocycles. The number of nitrogens with two attached hydrogens (primary N) is 1. The zero-order chi connectivity index (χ0) is 10.6. The normalized spacial score (nSPS) is 10.4. The molecule has 0 aliphatic carbocycles. The summed E-state index contributed by atoms with van der Waals surface area (Å²) in [6.45, 7) is -0.0443. The van der Waals surface area contributed by atoms with Crippen LogP contribution in [0.2, 0.25) is 0 Å². The Bertz CT molecular complexity index is 410. The summed E-state index contributed by atoms with van der Waals surface area (Å²) in [7, 11) is 0. The molecule has 14 heavy (non-hydrogen) atoms. The van der Waals surface area contributed by atoms with E-state index in [1.54, 1.807) is 0 Å². The van der Waals surface area contributed by atoms with Crippen LogP contribution in [-0.4, -0.2) is 16.2 Å². The Kier molecular flexibility index (Phi) is 3.44. The number of hydrogen-bond acceptors (Lipinski definition) is 3. The number of H-pyrrole nitrogens is 1. The van der Waals surface area contributed by atoms with Crippen molar-refractivity contribution in [2.24, 2.45) is 0 Å². The number of rotatable bonds is 4. The summed E-state index contributed by atoms with van der Waals surface area (Å²) in [6, 6.07) is 0. The predicted molar refractivity (Wildman–Crippen MR) is 50.9 cm³/mol. The number of anilines is 1. The second-order valence-corrected chi connectivity index (χ2v) is 2.93. The average molecular weight is 201 g/mol. The van der Waals surface area contributed by atoms with Gasteiger partial charge in [-0.25, -0.2) is 4.79 Å². The standard InChI is InChI=1S/C8H12FN3O2/c9-3-1-2-4-12-5-6(10)7(13)11-8(12)14/h5H,1-4,10H2,(H,11,13,14). The summed E-state index contributed by atoms with van der Waals surface area (Å²) in [4.78, 5) is 24.1. The third-order valence-corrected chi connectivity index (χ3v) is 1.82. The number of aromatic nitrogens is 2. The Balaban J connectivity index is 2.82. The molecule has 6 heteroatoms. The van der Waals surface area contributed by atoms with E-state index in [9.17, 15) is 14.0 Å². The highest BCUT2D eigenvalue weighted by atomic mass is 19.1. The molecule has 1 aromatic rings. The van der Waals surface area contributed by atoms with Crippen LogP contribution < -0.4 is 17.0 Å². The largest absolute Gasteiger partial charge is 0.393 e. The smallest absolute Gasteiger partial charge is 0.328 e. The van der Waals surface area contributed by atoms with Crippen molar-refractivity contribution in [2.45, 2.75) is 19.4 Å². The van der Waals surface area contributed by atoms with Gasteiger partial charge in [0.2, 0.25) is 0 Å². The maximum atomic E-state index is 11.8. The van der Waals surface area contributed by atoms with Crippen molar-refractivity contribution in [3.05, 3.63) is 27.0 Å². The van der Waals surface area contributed by atoms with Gasteiger partial charge in [-0.05, 0) is 12.8 Å². The van der Waals surface area contributed by atoms with Gasteiger partial charge in [0, 0.05) is 12.7 Å². The Hall–Kier alpha value is -1.59. The molecule has 0 saturated carbocycles. The number of nitrogen functional groups attached to an aromatic ring is 1. The van der Waals surface area contributed by atoms with Crippen molar-refractivity contribution >= 4 is 5.69 Å². The van der Waals surface area contributed by atoms with Crippen LogP contribution in [0.1, 0.15) is 12.8 Å². The summed E-state index contributed by atoms with van der Waals surface area (Å²) in [5.74, 6) is 0. The molecule has 0 bridgehead atoms. The highest BCUT2D eigenvalue weighted by Gasteiger charge is 2.00. The zero-order valence-corrected chi connectivity index (χ0v) is 7.62. The van der Waals surface area contributed by atoms with Gasteiger partial charge in [0.25, 0.3) is 5.56 Å². The molecule has 5 nitrogen and oxygen atoms in total. The topological polar surface area (TPSA) is 80.9 Å². The lowest BCUT2D eigenvalue weighted by atomic mass is 10.3. The van der Waals surface area contributed by atoms with Gasteiger partial charge in [0.1, 0.15) is 5.69 Å². The summed E-state index contributed by atoms with van der Waals surface area (Å²) in [5.41, 5.74) is 4.21. The maximum Gasteiger partial charge on any atom is 0.328 e. The molecule has 78 valence electrons. The van der Waals surface area contributed by atoms with Gasteiger partial charge in [0.15, 0.2) is 0 Å². The van der Waals surface area contributed by atoms with E-state index in [2.05, 4.69) is 4.98 Å². The Morgan fingerprint density at radius 3 is 2.79 bits per heavy atom. The molecule has 0 saturated heterocycles. The minimum absolute atomic E-state index is 0.00940. The van der Waals surface area contributed by atoms with Crippen molar-refractivity contribution in [3.8, 4) is 0 Å². The summed E-state index contributed by atoms with van der Waals surface area (Å²) in [6.07, 6.45) is 2.22. The number of unbranched alkanes of at least 4 members (excludes halogenated alkanes) is 1. The van der Waals surface area contributed by atoms with Gasteiger partial charge in [0.05, 0.1) is 6.67 Å². The molecular formula is C8H12FN3O2. The first-order chi connectivity index (χ1) is 6.65. The lowest BCUT2D eigenvalue weighted by Gasteiger charge is -2.03. The Morgan fingerprint density at radius 2 is 2.14 bits per heavy atom. The lowest BCUT2D eigenvalue weighted by molar-refractivity contribution is 0.444. The molecule has 0 aliphatic rings. The van der Waals surface area contributed by atoms with Gasteiger partial charge in [-0.15, -0.1) is 0 Å². The Labute approximate surface area is 79.4 Å². The third-order valence-electron chi connectivity index (χ3n) is 1.82. The highest BCUT2D eigenvalue weighted by molar-refractivity contribution is 5.30. The fraction of sp³-hybridized carbons (Fsp3) is 0.500. The molecule has 0 aromatic carbocycles. The van der Waals surface area contributed by atoms with E-state index in [1.165, 1.54) is 10.8 Å². The van der Waals surface area contributed by atoms with E-state index in [-0.39, 0.29) is 5.69 Å². The van der Waals surface area contributed by atoms with Crippen LogP contribution >= 0.6 is 0 Å². The van der Waals surface area contributed by atoms with Gasteiger partial charge < -0.3 is 5.73 Å². The van der Waals surface area contributed by atoms with Crippen LogP contribution in [0.4, 0.5) is 10.1 Å². The Morgan fingerprint density at radius 1 is 1.43 bits per heavy atom. The van der Waals surface area contributed by atoms with E-state index in [1.807, 2.05) is 0 Å². The molecule has 1 aromatic heterocycles. The molecule has 1 rings (SSSR count). The van der Waals surface area contributed by atoms with Crippen LogP contribution in [0.15, 0.2) is 15.8 Å². The molecular weight excluding hydrogens is 189 g/mol. The number of aryl methyl sites for hydroxylation is 1. The molecule has 0 atom stereocenters. The fourth-order valence-corrected chi connectivity index (χ4v) is 1.07. The van der Waals surface area contributed by atoms with Crippen molar-refractivity contribution < 1.29 is 4.39 Å². The first-order valence-corrected chi connectivity index (χ1v) is 4.30. The fourth-order valence-electron chi connectivity index (χ4n) is 1.07. The van der Waals surface area contributed by atoms with E-state index in [0.29, 0.717) is 19.4 Å². The molecule has 0 aliphatic heterocycles.